The van der Waals surface area contributed by atoms with Crippen LogP contribution in [0, 0.1) is 5.82 Å². The molecule has 0 aliphatic carbocycles. The molecule has 0 aliphatic rings. The second-order valence-electron chi connectivity index (χ2n) is 3.88. The molecule has 0 saturated carbocycles. The molecule has 17 heavy (non-hydrogen) atoms. The molecule has 1 aromatic heterocycles. The van der Waals surface area contributed by atoms with Gasteiger partial charge in [0.05, 0.1) is 5.51 Å². The molecule has 2 aromatic rings. The number of hydrogen-bond donors (Lipinski definition) is 0. The zero-order valence-electron chi connectivity index (χ0n) is 9.36. The first kappa shape index (κ1) is 12.5. The number of halogens is 2. The molecule has 0 N–H and O–H groups in total. The molecule has 0 spiro atoms. The number of rotatable bonds is 4. The topological polar surface area (TPSA) is 16.1 Å². The van der Waals surface area contributed by atoms with E-state index in [0.717, 1.165) is 12.1 Å². The van der Waals surface area contributed by atoms with Gasteiger partial charge >= 0.3 is 0 Å². The Labute approximate surface area is 109 Å². The Bertz CT molecular complexity index is 487. The van der Waals surface area contributed by atoms with Crippen LogP contribution in [-0.4, -0.2) is 16.9 Å². The lowest BCUT2D eigenvalue weighted by molar-refractivity contribution is 0.321. The molecule has 0 amide bonds. The zero-order valence-corrected chi connectivity index (χ0v) is 10.9. The van der Waals surface area contributed by atoms with Gasteiger partial charge in [-0.3, -0.25) is 9.88 Å². The summed E-state index contributed by atoms with van der Waals surface area (Å²) in [6.07, 6.45) is 1.85. The van der Waals surface area contributed by atoms with Crippen LogP contribution in [0.3, 0.4) is 0 Å². The molecule has 0 atom stereocenters. The molecule has 1 aromatic carbocycles. The third-order valence-corrected chi connectivity index (χ3v) is 3.48. The van der Waals surface area contributed by atoms with Crippen molar-refractivity contribution in [3.63, 3.8) is 0 Å². The average Bonchev–Trinajstić information content (AvgIpc) is 2.75. The molecule has 2 rings (SSSR count). The first-order valence-corrected chi connectivity index (χ1v) is 6.41. The van der Waals surface area contributed by atoms with Crippen LogP contribution in [0.15, 0.2) is 29.9 Å². The molecule has 0 radical (unpaired) electrons. The van der Waals surface area contributed by atoms with Gasteiger partial charge in [0.2, 0.25) is 0 Å². The fourth-order valence-corrected chi connectivity index (χ4v) is 2.48. The van der Waals surface area contributed by atoms with Gasteiger partial charge in [0.15, 0.2) is 0 Å². The van der Waals surface area contributed by atoms with E-state index in [1.54, 1.807) is 17.4 Å². The van der Waals surface area contributed by atoms with Gasteiger partial charge in [-0.25, -0.2) is 4.39 Å². The van der Waals surface area contributed by atoms with Crippen LogP contribution in [0.5, 0.6) is 0 Å². The highest BCUT2D eigenvalue weighted by molar-refractivity contribution is 7.09. The maximum absolute atomic E-state index is 12.9. The minimum absolute atomic E-state index is 0.302. The van der Waals surface area contributed by atoms with E-state index in [0.29, 0.717) is 11.6 Å². The summed E-state index contributed by atoms with van der Waals surface area (Å²) in [5.74, 6) is -0.302. The summed E-state index contributed by atoms with van der Waals surface area (Å²) < 4.78 is 12.9. The fourth-order valence-electron chi connectivity index (χ4n) is 1.58. The van der Waals surface area contributed by atoms with Crippen LogP contribution >= 0.6 is 22.9 Å². The summed E-state index contributed by atoms with van der Waals surface area (Å²) in [4.78, 5) is 7.35. The molecule has 0 unspecified atom stereocenters. The van der Waals surface area contributed by atoms with Gasteiger partial charge in [0.1, 0.15) is 5.82 Å². The molecule has 0 saturated heterocycles. The van der Waals surface area contributed by atoms with Crippen molar-refractivity contribution in [2.45, 2.75) is 13.1 Å². The van der Waals surface area contributed by atoms with Gasteiger partial charge in [0.25, 0.3) is 0 Å². The summed E-state index contributed by atoms with van der Waals surface area (Å²) in [7, 11) is 2.00. The van der Waals surface area contributed by atoms with Crippen molar-refractivity contribution >= 4 is 22.9 Å². The molecule has 2 nitrogen and oxygen atoms in total. The third-order valence-electron chi connectivity index (χ3n) is 2.36. The number of nitrogens with zero attached hydrogens (tertiary/aromatic N) is 2. The van der Waals surface area contributed by atoms with Gasteiger partial charge in [-0.15, -0.1) is 11.3 Å². The minimum atomic E-state index is -0.302. The summed E-state index contributed by atoms with van der Waals surface area (Å²) in [6, 6.07) is 4.50. The quantitative estimate of drug-likeness (QED) is 0.844. The molecule has 5 heteroatoms. The van der Waals surface area contributed by atoms with Crippen LogP contribution in [-0.2, 0) is 13.1 Å². The highest BCUT2D eigenvalue weighted by Crippen LogP contribution is 2.19. The minimum Gasteiger partial charge on any atom is -0.297 e. The van der Waals surface area contributed by atoms with Crippen LogP contribution in [0.2, 0.25) is 5.02 Å². The van der Waals surface area contributed by atoms with E-state index in [-0.39, 0.29) is 5.82 Å². The standard InChI is InChI=1S/C12H12ClFN2S/c1-16(7-11-5-15-8-17-11)6-9-2-3-10(14)4-12(9)13/h2-5,8H,6-7H2,1H3. The van der Waals surface area contributed by atoms with E-state index in [4.69, 9.17) is 11.6 Å². The lowest BCUT2D eigenvalue weighted by Gasteiger charge is -2.16. The molecule has 90 valence electrons. The van der Waals surface area contributed by atoms with E-state index < -0.39 is 0 Å². The van der Waals surface area contributed by atoms with E-state index in [2.05, 4.69) is 9.88 Å². The smallest absolute Gasteiger partial charge is 0.124 e. The summed E-state index contributed by atoms with van der Waals surface area (Å²) in [5, 5.41) is 0.473. The predicted octanol–water partition coefficient (Wildman–Crippen LogP) is 3.57. The lowest BCUT2D eigenvalue weighted by Crippen LogP contribution is -2.16. The summed E-state index contributed by atoms with van der Waals surface area (Å²) in [6.45, 7) is 1.51. The highest BCUT2D eigenvalue weighted by Gasteiger charge is 2.07. The Kier molecular flexibility index (Phi) is 4.10. The highest BCUT2D eigenvalue weighted by atomic mass is 35.5. The Morgan fingerprint density at radius 1 is 1.41 bits per heavy atom. The maximum Gasteiger partial charge on any atom is 0.124 e. The molecular weight excluding hydrogens is 259 g/mol. The lowest BCUT2D eigenvalue weighted by atomic mass is 10.2. The van der Waals surface area contributed by atoms with Crippen LogP contribution in [0.1, 0.15) is 10.4 Å². The number of thiazole rings is 1. The summed E-state index contributed by atoms with van der Waals surface area (Å²) >= 11 is 7.60. The second-order valence-corrected chi connectivity index (χ2v) is 5.25. The van der Waals surface area contributed by atoms with Gasteiger partial charge in [0, 0.05) is 29.2 Å². The van der Waals surface area contributed by atoms with Crippen molar-refractivity contribution in [2.75, 3.05) is 7.05 Å². The number of benzene rings is 1. The van der Waals surface area contributed by atoms with E-state index in [1.165, 1.54) is 17.0 Å². The van der Waals surface area contributed by atoms with Gasteiger partial charge in [-0.1, -0.05) is 17.7 Å². The molecule has 0 aliphatic heterocycles. The van der Waals surface area contributed by atoms with Gasteiger partial charge < -0.3 is 0 Å². The van der Waals surface area contributed by atoms with Crippen LogP contribution in [0.25, 0.3) is 0 Å². The van der Waals surface area contributed by atoms with E-state index >= 15 is 0 Å². The fraction of sp³-hybridized carbons (Fsp3) is 0.250. The molecule has 0 fully saturated rings. The first-order chi connectivity index (χ1) is 8.15. The first-order valence-electron chi connectivity index (χ1n) is 5.15. The van der Waals surface area contributed by atoms with E-state index in [9.17, 15) is 4.39 Å². The van der Waals surface area contributed by atoms with Crippen molar-refractivity contribution in [2.24, 2.45) is 0 Å². The molecular formula is C12H12ClFN2S. The van der Waals surface area contributed by atoms with Crippen molar-refractivity contribution < 1.29 is 4.39 Å². The predicted molar refractivity (Wildman–Crippen MR) is 68.7 cm³/mol. The Morgan fingerprint density at radius 2 is 2.24 bits per heavy atom. The van der Waals surface area contributed by atoms with Crippen molar-refractivity contribution in [1.29, 1.82) is 0 Å². The third kappa shape index (κ3) is 3.49. The normalized spacial score (nSPS) is 11.1. The Balaban J connectivity index is 2.00. The molecule has 1 heterocycles. The number of aromatic nitrogens is 1. The van der Waals surface area contributed by atoms with Crippen molar-refractivity contribution in [3.05, 3.63) is 51.2 Å². The maximum atomic E-state index is 12.9. The zero-order chi connectivity index (χ0) is 12.3. The van der Waals surface area contributed by atoms with Gasteiger partial charge in [-0.2, -0.15) is 0 Å². The van der Waals surface area contributed by atoms with Crippen LogP contribution in [0.4, 0.5) is 4.39 Å². The Morgan fingerprint density at radius 3 is 2.88 bits per heavy atom. The SMILES string of the molecule is CN(Cc1cncs1)Cc1ccc(F)cc1Cl. The molecule has 0 bridgehead atoms. The second kappa shape index (κ2) is 5.58. The Hall–Kier alpha value is -0.970. The summed E-state index contributed by atoms with van der Waals surface area (Å²) in [5.41, 5.74) is 2.74. The number of hydrogen-bond acceptors (Lipinski definition) is 3. The van der Waals surface area contributed by atoms with E-state index in [1.807, 2.05) is 18.8 Å². The average molecular weight is 271 g/mol. The van der Waals surface area contributed by atoms with Crippen molar-refractivity contribution in [3.8, 4) is 0 Å². The van der Waals surface area contributed by atoms with Gasteiger partial charge in [-0.05, 0) is 24.7 Å². The monoisotopic (exact) mass is 270 g/mol. The largest absolute Gasteiger partial charge is 0.297 e. The van der Waals surface area contributed by atoms with Crippen LogP contribution < -0.4 is 0 Å². The van der Waals surface area contributed by atoms with Crippen molar-refractivity contribution in [1.82, 2.24) is 9.88 Å².